The molecule has 0 radical (unpaired) electrons. The molecule has 2 aromatic rings. The molecule has 2 aliphatic rings. The molecule has 2 aromatic carbocycles. The van der Waals surface area contributed by atoms with Gasteiger partial charge >= 0.3 is 12.1 Å². The van der Waals surface area contributed by atoms with E-state index in [-0.39, 0.29) is 24.5 Å². The maximum Gasteiger partial charge on any atom is 0.407 e. The van der Waals surface area contributed by atoms with Gasteiger partial charge in [-0.1, -0.05) is 55.0 Å². The van der Waals surface area contributed by atoms with Crippen LogP contribution >= 0.6 is 0 Å². The van der Waals surface area contributed by atoms with E-state index in [4.69, 9.17) is 4.74 Å². The molecule has 0 heterocycles. The third-order valence-corrected chi connectivity index (χ3v) is 6.44. The Bertz CT molecular complexity index is 975. The van der Waals surface area contributed by atoms with Gasteiger partial charge in [0.15, 0.2) is 0 Å². The molecule has 2 amide bonds. The summed E-state index contributed by atoms with van der Waals surface area (Å²) < 4.78 is 5.49. The van der Waals surface area contributed by atoms with E-state index in [1.54, 1.807) is 6.92 Å². The zero-order chi connectivity index (χ0) is 22.7. The Hall–Kier alpha value is -3.35. The number of fused-ring (bicyclic) bond motifs is 3. The summed E-state index contributed by atoms with van der Waals surface area (Å²) in [5, 5.41) is 14.6. The van der Waals surface area contributed by atoms with Crippen molar-refractivity contribution < 1.29 is 24.2 Å². The highest BCUT2D eigenvalue weighted by Crippen LogP contribution is 2.44. The van der Waals surface area contributed by atoms with Crippen LogP contribution in [0.15, 0.2) is 48.5 Å². The number of amides is 2. The largest absolute Gasteiger partial charge is 0.481 e. The number of carbonyl (C=O) groups excluding carboxylic acids is 2. The Morgan fingerprint density at radius 3 is 2.28 bits per heavy atom. The Morgan fingerprint density at radius 2 is 1.66 bits per heavy atom. The predicted octanol–water partition coefficient (Wildman–Crippen LogP) is 3.67. The van der Waals surface area contributed by atoms with Crippen molar-refractivity contribution in [3.63, 3.8) is 0 Å². The first kappa shape index (κ1) is 21.9. The van der Waals surface area contributed by atoms with E-state index in [0.717, 1.165) is 35.1 Å². The lowest BCUT2D eigenvalue weighted by molar-refractivity contribution is -0.143. The van der Waals surface area contributed by atoms with Crippen molar-refractivity contribution in [2.24, 2.45) is 5.92 Å². The minimum atomic E-state index is -0.825. The van der Waals surface area contributed by atoms with Crippen molar-refractivity contribution in [2.75, 3.05) is 6.61 Å². The van der Waals surface area contributed by atoms with Gasteiger partial charge in [-0.3, -0.25) is 9.59 Å². The lowest BCUT2D eigenvalue weighted by atomic mass is 9.85. The zero-order valence-corrected chi connectivity index (χ0v) is 18.0. The van der Waals surface area contributed by atoms with E-state index in [1.807, 2.05) is 36.4 Å². The van der Waals surface area contributed by atoms with Gasteiger partial charge in [-0.25, -0.2) is 4.79 Å². The summed E-state index contributed by atoms with van der Waals surface area (Å²) in [5.41, 5.74) is 4.55. The molecule has 3 atom stereocenters. The maximum atomic E-state index is 12.5. The molecule has 168 valence electrons. The number of rotatable bonds is 6. The van der Waals surface area contributed by atoms with E-state index in [2.05, 4.69) is 22.8 Å². The second-order valence-electron chi connectivity index (χ2n) is 8.60. The molecule has 32 heavy (non-hydrogen) atoms. The van der Waals surface area contributed by atoms with E-state index < -0.39 is 24.0 Å². The van der Waals surface area contributed by atoms with Crippen molar-refractivity contribution in [3.05, 3.63) is 59.7 Å². The van der Waals surface area contributed by atoms with Crippen molar-refractivity contribution in [1.82, 2.24) is 10.6 Å². The summed E-state index contributed by atoms with van der Waals surface area (Å²) >= 11 is 0. The fourth-order valence-electron chi connectivity index (χ4n) is 4.75. The summed E-state index contributed by atoms with van der Waals surface area (Å²) in [5.74, 6) is -1.64. The number of hydrogen-bond acceptors (Lipinski definition) is 4. The smallest absolute Gasteiger partial charge is 0.407 e. The van der Waals surface area contributed by atoms with Gasteiger partial charge in [0.1, 0.15) is 12.6 Å². The monoisotopic (exact) mass is 436 g/mol. The van der Waals surface area contributed by atoms with Gasteiger partial charge in [0.2, 0.25) is 5.91 Å². The molecule has 1 saturated carbocycles. The first-order chi connectivity index (χ1) is 15.4. The van der Waals surface area contributed by atoms with Gasteiger partial charge in [-0.2, -0.15) is 0 Å². The van der Waals surface area contributed by atoms with Crippen LogP contribution in [-0.2, 0) is 14.3 Å². The van der Waals surface area contributed by atoms with Gasteiger partial charge < -0.3 is 20.5 Å². The van der Waals surface area contributed by atoms with Gasteiger partial charge in [-0.05, 0) is 48.4 Å². The highest BCUT2D eigenvalue weighted by atomic mass is 16.5. The number of alkyl carbamates (subject to hydrolysis) is 1. The molecule has 0 bridgehead atoms. The van der Waals surface area contributed by atoms with Crippen LogP contribution < -0.4 is 10.6 Å². The van der Waals surface area contributed by atoms with Crippen LogP contribution in [0.2, 0.25) is 0 Å². The van der Waals surface area contributed by atoms with Crippen LogP contribution in [0.5, 0.6) is 0 Å². The summed E-state index contributed by atoms with van der Waals surface area (Å²) in [4.78, 5) is 36.1. The molecule has 0 saturated heterocycles. The summed E-state index contributed by atoms with van der Waals surface area (Å²) in [6.07, 6.45) is 1.90. The van der Waals surface area contributed by atoms with Gasteiger partial charge in [-0.15, -0.1) is 0 Å². The van der Waals surface area contributed by atoms with E-state index >= 15 is 0 Å². The molecule has 1 fully saturated rings. The van der Waals surface area contributed by atoms with Crippen LogP contribution in [0, 0.1) is 5.92 Å². The number of benzene rings is 2. The average Bonchev–Trinajstić information content (AvgIpc) is 3.11. The topological polar surface area (TPSA) is 105 Å². The zero-order valence-electron chi connectivity index (χ0n) is 18.0. The van der Waals surface area contributed by atoms with E-state index in [1.165, 1.54) is 0 Å². The summed E-state index contributed by atoms with van der Waals surface area (Å²) in [6, 6.07) is 15.2. The minimum Gasteiger partial charge on any atom is -0.481 e. The molecule has 0 aromatic heterocycles. The molecule has 0 spiro atoms. The number of hydrogen-bond donors (Lipinski definition) is 3. The number of carboxylic acid groups (broad SMARTS) is 1. The van der Waals surface area contributed by atoms with Crippen molar-refractivity contribution in [1.29, 1.82) is 0 Å². The summed E-state index contributed by atoms with van der Waals surface area (Å²) in [6.45, 7) is 1.77. The fourth-order valence-corrected chi connectivity index (χ4v) is 4.75. The van der Waals surface area contributed by atoms with Gasteiger partial charge in [0.25, 0.3) is 0 Å². The van der Waals surface area contributed by atoms with Gasteiger partial charge in [0, 0.05) is 12.0 Å². The van der Waals surface area contributed by atoms with Crippen LogP contribution in [0.1, 0.15) is 49.7 Å². The van der Waals surface area contributed by atoms with E-state index in [0.29, 0.717) is 12.8 Å². The third kappa shape index (κ3) is 4.61. The van der Waals surface area contributed by atoms with Crippen molar-refractivity contribution >= 4 is 18.0 Å². The lowest BCUT2D eigenvalue weighted by Gasteiger charge is -2.28. The maximum absolute atomic E-state index is 12.5. The van der Waals surface area contributed by atoms with Crippen LogP contribution in [0.25, 0.3) is 11.1 Å². The molecule has 3 N–H and O–H groups in total. The molecular formula is C25H28N2O5. The molecule has 4 rings (SSSR count). The summed E-state index contributed by atoms with van der Waals surface area (Å²) in [7, 11) is 0. The molecular weight excluding hydrogens is 408 g/mol. The van der Waals surface area contributed by atoms with Crippen LogP contribution in [0.3, 0.4) is 0 Å². The van der Waals surface area contributed by atoms with Crippen molar-refractivity contribution in [3.8, 4) is 11.1 Å². The normalized spacial score (nSPS) is 20.5. The Labute approximate surface area is 187 Å². The SMILES string of the molecule is C[C@@H](NC(=O)OCC1c2ccccc2-c2ccccc21)C(=O)N[C@@H]1CCC[C@@H](C(=O)O)C1. The molecule has 2 aliphatic carbocycles. The number of aliphatic carboxylic acids is 1. The lowest BCUT2D eigenvalue weighted by Crippen LogP contribution is -2.49. The Morgan fingerprint density at radius 1 is 1.03 bits per heavy atom. The highest BCUT2D eigenvalue weighted by Gasteiger charge is 2.31. The highest BCUT2D eigenvalue weighted by molar-refractivity contribution is 5.85. The van der Waals surface area contributed by atoms with E-state index in [9.17, 15) is 19.5 Å². The molecule has 7 heteroatoms. The van der Waals surface area contributed by atoms with Crippen molar-refractivity contribution in [2.45, 2.75) is 50.6 Å². The first-order valence-corrected chi connectivity index (χ1v) is 11.1. The van der Waals surface area contributed by atoms with Crippen LogP contribution in [-0.4, -0.2) is 41.8 Å². The Balaban J connectivity index is 1.30. The fraction of sp³-hybridized carbons (Fsp3) is 0.400. The third-order valence-electron chi connectivity index (χ3n) is 6.44. The minimum absolute atomic E-state index is 0.0486. The number of nitrogens with one attached hydrogen (secondary N) is 2. The number of ether oxygens (including phenoxy) is 1. The molecule has 0 unspecified atom stereocenters. The number of carbonyl (C=O) groups is 3. The molecule has 0 aliphatic heterocycles. The second kappa shape index (κ2) is 9.42. The number of carboxylic acids is 1. The molecule has 7 nitrogen and oxygen atoms in total. The standard InChI is InChI=1S/C25H28N2O5/c1-15(23(28)27-17-8-6-7-16(13-17)24(29)30)26-25(31)32-14-22-20-11-4-2-9-18(20)19-10-3-5-12-21(19)22/h2-5,9-12,15-17,22H,6-8,13-14H2,1H3,(H,26,31)(H,27,28)(H,29,30)/t15-,16-,17-/m1/s1. The first-order valence-electron chi connectivity index (χ1n) is 11.1. The van der Waals surface area contributed by atoms with Gasteiger partial charge in [0.05, 0.1) is 5.92 Å². The second-order valence-corrected chi connectivity index (χ2v) is 8.60. The Kier molecular flexibility index (Phi) is 6.44. The van der Waals surface area contributed by atoms with Crippen LogP contribution in [0.4, 0.5) is 4.79 Å². The average molecular weight is 437 g/mol. The quantitative estimate of drug-likeness (QED) is 0.641. The predicted molar refractivity (Wildman–Crippen MR) is 119 cm³/mol.